The normalized spacial score (nSPS) is 11.4. The molecule has 1 aliphatic heterocycles. The second kappa shape index (κ2) is 6.72. The zero-order valence-corrected chi connectivity index (χ0v) is 12.9. The van der Waals surface area contributed by atoms with E-state index in [1.54, 1.807) is 30.4 Å². The molecule has 0 aromatic heterocycles. The van der Waals surface area contributed by atoms with E-state index in [-0.39, 0.29) is 32.1 Å². The third-order valence-corrected chi connectivity index (χ3v) is 5.25. The fourth-order valence-corrected chi connectivity index (χ4v) is 4.25. The summed E-state index contributed by atoms with van der Waals surface area (Å²) in [4.78, 5) is 16.4. The summed E-state index contributed by atoms with van der Waals surface area (Å²) >= 11 is 3.44. The van der Waals surface area contributed by atoms with Gasteiger partial charge in [0.15, 0.2) is 5.78 Å². The number of Topliss-reactive ketones (excluding diaryl/α,β-unsaturated/α-hetero) is 1. The summed E-state index contributed by atoms with van der Waals surface area (Å²) in [5.41, 5.74) is 0.828. The Labute approximate surface area is 134 Å². The van der Waals surface area contributed by atoms with Gasteiger partial charge in [0.1, 0.15) is 0 Å². The summed E-state index contributed by atoms with van der Waals surface area (Å²) in [5, 5.41) is 0. The van der Waals surface area contributed by atoms with E-state index in [2.05, 4.69) is 18.2 Å². The van der Waals surface area contributed by atoms with Crippen LogP contribution in [0.2, 0.25) is 0 Å². The molecule has 0 saturated carbocycles. The fraction of sp³-hybridized carbons (Fsp3) is 0.0667. The van der Waals surface area contributed by atoms with Crippen molar-refractivity contribution in [3.05, 3.63) is 55.5 Å². The summed E-state index contributed by atoms with van der Waals surface area (Å²) in [6, 6.07) is 14.2. The van der Waals surface area contributed by atoms with Gasteiger partial charge >= 0.3 is 18.9 Å². The molecule has 3 rings (SSSR count). The number of rotatable bonds is 1. The smallest absolute Gasteiger partial charge is 0.358 e. The third-order valence-electron chi connectivity index (χ3n) is 2.64. The number of benzene rings is 2. The molecule has 0 spiro atoms. The van der Waals surface area contributed by atoms with Crippen molar-refractivity contribution < 1.29 is 23.7 Å². The minimum Gasteiger partial charge on any atom is -0.358 e. The first kappa shape index (κ1) is 16.5. The van der Waals surface area contributed by atoms with Crippen LogP contribution in [0.1, 0.15) is 17.3 Å². The summed E-state index contributed by atoms with van der Waals surface area (Å²) in [6.45, 7) is 1.63. The molecule has 19 heavy (non-hydrogen) atoms. The van der Waals surface area contributed by atoms with E-state index >= 15 is 0 Å². The quantitative estimate of drug-likeness (QED) is 0.385. The minimum absolute atomic E-state index is 0. The molecule has 4 heteroatoms. The zero-order chi connectivity index (χ0) is 11.8. The van der Waals surface area contributed by atoms with E-state index in [9.17, 15) is 4.79 Å². The zero-order valence-electron chi connectivity index (χ0n) is 11.3. The van der Waals surface area contributed by atoms with Crippen LogP contribution in [0.5, 0.6) is 0 Å². The summed E-state index contributed by atoms with van der Waals surface area (Å²) in [6.07, 6.45) is 0. The van der Waals surface area contributed by atoms with Gasteiger partial charge in [-0.25, -0.2) is 0 Å². The molecule has 0 amide bonds. The molecule has 0 fully saturated rings. The molecule has 0 aliphatic carbocycles. The van der Waals surface area contributed by atoms with Crippen molar-refractivity contribution in [3.8, 4) is 0 Å². The van der Waals surface area contributed by atoms with Crippen molar-refractivity contribution in [1.82, 2.24) is 0 Å². The van der Waals surface area contributed by atoms with E-state index in [1.807, 2.05) is 24.3 Å². The van der Waals surface area contributed by atoms with Gasteiger partial charge in [0.25, 0.3) is 0 Å². The Morgan fingerprint density at radius 1 is 0.895 bits per heavy atom. The van der Waals surface area contributed by atoms with E-state index in [4.69, 9.17) is 0 Å². The van der Waals surface area contributed by atoms with Crippen LogP contribution >= 0.6 is 23.5 Å². The van der Waals surface area contributed by atoms with Crippen LogP contribution in [0.25, 0.3) is 0 Å². The van der Waals surface area contributed by atoms with Crippen LogP contribution in [0.15, 0.2) is 62.0 Å². The number of hydrogen-bond donors (Lipinski definition) is 0. The average Bonchev–Trinajstić information content (AvgIpc) is 2.35. The van der Waals surface area contributed by atoms with Crippen LogP contribution in [0.4, 0.5) is 0 Å². The second-order valence-corrected chi connectivity index (χ2v) is 5.98. The van der Waals surface area contributed by atoms with E-state index < -0.39 is 0 Å². The number of ketones is 1. The summed E-state index contributed by atoms with van der Waals surface area (Å²) < 4.78 is 0. The molecule has 2 aromatic rings. The van der Waals surface area contributed by atoms with E-state index in [0.29, 0.717) is 0 Å². The Kier molecular flexibility index (Phi) is 5.82. The summed E-state index contributed by atoms with van der Waals surface area (Å²) in [7, 11) is 0. The first-order valence-electron chi connectivity index (χ1n) is 5.34. The van der Waals surface area contributed by atoms with Gasteiger partial charge in [0, 0.05) is 25.1 Å². The van der Waals surface area contributed by atoms with Gasteiger partial charge in [0.2, 0.25) is 0 Å². The minimum atomic E-state index is 0. The Morgan fingerprint density at radius 3 is 2.11 bits per heavy atom. The number of carbonyl (C=O) groups excluding carboxylic acids is 1. The van der Waals surface area contributed by atoms with Crippen molar-refractivity contribution in [2.75, 3.05) is 0 Å². The van der Waals surface area contributed by atoms with Gasteiger partial charge in [-0.05, 0) is 25.1 Å². The van der Waals surface area contributed by atoms with Crippen molar-refractivity contribution in [2.45, 2.75) is 26.5 Å². The van der Waals surface area contributed by atoms with Crippen molar-refractivity contribution in [2.24, 2.45) is 0 Å². The monoisotopic (exact) mass is 280 g/mol. The standard InChI is InChI=1S/C14H10OS2.CH3.Li/c1-9(15)10-5-4-8-13-14(10)17-12-7-3-2-6-11(12)16-13;;/h2-8H,1H3;1H3;/q;-1;+1. The molecule has 1 heterocycles. The Bertz CT molecular complexity index is 611. The van der Waals surface area contributed by atoms with Gasteiger partial charge in [-0.1, -0.05) is 47.8 Å². The van der Waals surface area contributed by atoms with Crippen molar-refractivity contribution in [1.29, 1.82) is 0 Å². The van der Waals surface area contributed by atoms with E-state index in [0.717, 1.165) is 10.5 Å². The SMILES string of the molecule is CC(=O)c1cccc2c1Sc1ccccc1S2.[CH3-].[Li+]. The largest absolute Gasteiger partial charge is 1.00 e. The molecular formula is C15H13LiOS2. The van der Waals surface area contributed by atoms with Crippen molar-refractivity contribution in [3.63, 3.8) is 0 Å². The van der Waals surface area contributed by atoms with Crippen molar-refractivity contribution >= 4 is 29.3 Å². The molecule has 1 nitrogen and oxygen atoms in total. The molecule has 0 N–H and O–H groups in total. The Balaban J connectivity index is 0.000000902. The second-order valence-electron chi connectivity index (χ2n) is 3.84. The molecule has 0 radical (unpaired) electrons. The molecule has 0 bridgehead atoms. The van der Waals surface area contributed by atoms with Gasteiger partial charge in [-0.15, -0.1) is 0 Å². The molecular weight excluding hydrogens is 267 g/mol. The molecule has 0 unspecified atom stereocenters. The molecule has 2 aromatic carbocycles. The number of carbonyl (C=O) groups is 1. The first-order valence-corrected chi connectivity index (χ1v) is 6.97. The van der Waals surface area contributed by atoms with Gasteiger partial charge in [-0.2, -0.15) is 0 Å². The summed E-state index contributed by atoms with van der Waals surface area (Å²) in [5.74, 6) is 0.134. The van der Waals surface area contributed by atoms with Gasteiger partial charge in [0.05, 0.1) is 0 Å². The average molecular weight is 280 g/mol. The van der Waals surface area contributed by atoms with Gasteiger partial charge < -0.3 is 7.43 Å². The Morgan fingerprint density at radius 2 is 1.47 bits per heavy atom. The first-order chi connectivity index (χ1) is 8.25. The fourth-order valence-electron chi connectivity index (χ4n) is 1.83. The topological polar surface area (TPSA) is 17.1 Å². The predicted molar refractivity (Wildman–Crippen MR) is 77.5 cm³/mol. The van der Waals surface area contributed by atoms with Crippen LogP contribution in [-0.2, 0) is 0 Å². The van der Waals surface area contributed by atoms with Crippen LogP contribution in [0.3, 0.4) is 0 Å². The van der Waals surface area contributed by atoms with Gasteiger partial charge in [-0.3, -0.25) is 4.79 Å². The molecule has 1 aliphatic rings. The maximum atomic E-state index is 11.6. The number of fused-ring (bicyclic) bond motifs is 2. The molecule has 92 valence electrons. The van der Waals surface area contributed by atoms with E-state index in [1.165, 1.54) is 14.7 Å². The molecule has 0 saturated heterocycles. The van der Waals surface area contributed by atoms with Crippen LogP contribution in [-0.4, -0.2) is 5.78 Å². The maximum absolute atomic E-state index is 11.6. The third kappa shape index (κ3) is 3.12. The van der Waals surface area contributed by atoms with Crippen LogP contribution < -0.4 is 18.9 Å². The molecule has 0 atom stereocenters. The maximum Gasteiger partial charge on any atom is 1.00 e. The van der Waals surface area contributed by atoms with Crippen LogP contribution in [0, 0.1) is 7.43 Å². The predicted octanol–water partition coefficient (Wildman–Crippen LogP) is 1.96. The number of hydrogen-bond acceptors (Lipinski definition) is 3. The Hall–Kier alpha value is -0.593.